The molecular weight excluding hydrogens is 214 g/mol. The molecule has 2 rings (SSSR count). The smallest absolute Gasteiger partial charge is 0.242 e. The molecule has 0 atom stereocenters. The van der Waals surface area contributed by atoms with Crippen molar-refractivity contribution in [3.63, 3.8) is 0 Å². The van der Waals surface area contributed by atoms with Crippen LogP contribution in [0.2, 0.25) is 0 Å². The Kier molecular flexibility index (Phi) is 3.84. The van der Waals surface area contributed by atoms with Gasteiger partial charge >= 0.3 is 0 Å². The molecular formula is C13H23N3O. The summed E-state index contributed by atoms with van der Waals surface area (Å²) in [5.41, 5.74) is -0.368. The molecule has 0 aromatic rings. The number of hydrogen-bond donors (Lipinski definition) is 1. The fraction of sp³-hybridized carbons (Fsp3) is 0.769. The average Bonchev–Trinajstić information content (AvgIpc) is 2.40. The fourth-order valence-corrected chi connectivity index (χ4v) is 2.57. The Morgan fingerprint density at radius 3 is 2.47 bits per heavy atom. The van der Waals surface area contributed by atoms with Gasteiger partial charge in [0.25, 0.3) is 0 Å². The summed E-state index contributed by atoms with van der Waals surface area (Å²) >= 11 is 0. The second-order valence-electron chi connectivity index (χ2n) is 5.31. The summed E-state index contributed by atoms with van der Waals surface area (Å²) < 4.78 is 0. The third-order valence-electron chi connectivity index (χ3n) is 3.78. The van der Waals surface area contributed by atoms with E-state index in [-0.39, 0.29) is 11.4 Å². The van der Waals surface area contributed by atoms with Gasteiger partial charge in [0, 0.05) is 39.3 Å². The van der Waals surface area contributed by atoms with E-state index in [4.69, 9.17) is 0 Å². The summed E-state index contributed by atoms with van der Waals surface area (Å²) in [7, 11) is 0. The van der Waals surface area contributed by atoms with Gasteiger partial charge in [-0.1, -0.05) is 12.2 Å². The van der Waals surface area contributed by atoms with Crippen LogP contribution in [-0.4, -0.2) is 60.5 Å². The zero-order chi connectivity index (χ0) is 12.3. The molecule has 2 aliphatic heterocycles. The number of hydrogen-bond acceptors (Lipinski definition) is 3. The number of carbonyl (C=O) groups excluding carboxylic acids is 1. The molecule has 0 aromatic heterocycles. The molecule has 4 nitrogen and oxygen atoms in total. The molecule has 0 saturated carbocycles. The van der Waals surface area contributed by atoms with Crippen LogP contribution in [0.3, 0.4) is 0 Å². The van der Waals surface area contributed by atoms with Crippen molar-refractivity contribution < 1.29 is 4.79 Å². The normalized spacial score (nSPS) is 22.8. The summed E-state index contributed by atoms with van der Waals surface area (Å²) in [6.07, 6.45) is 5.24. The van der Waals surface area contributed by atoms with E-state index in [0.29, 0.717) is 0 Å². The Morgan fingerprint density at radius 2 is 1.88 bits per heavy atom. The summed E-state index contributed by atoms with van der Waals surface area (Å²) in [4.78, 5) is 16.8. The maximum Gasteiger partial charge on any atom is 0.242 e. The molecule has 1 amide bonds. The van der Waals surface area contributed by atoms with Gasteiger partial charge in [-0.2, -0.15) is 0 Å². The Morgan fingerprint density at radius 1 is 1.18 bits per heavy atom. The molecule has 4 heteroatoms. The predicted octanol–water partition coefficient (Wildman–Crippen LogP) is 0.459. The lowest BCUT2D eigenvalue weighted by Gasteiger charge is -2.42. The van der Waals surface area contributed by atoms with Gasteiger partial charge in [-0.3, -0.25) is 9.69 Å². The van der Waals surface area contributed by atoms with E-state index in [2.05, 4.69) is 36.2 Å². The molecule has 0 spiro atoms. The Balaban J connectivity index is 2.02. The lowest BCUT2D eigenvalue weighted by molar-refractivity contribution is -0.142. The molecule has 0 aromatic carbocycles. The largest absolute Gasteiger partial charge is 0.337 e. The zero-order valence-electron chi connectivity index (χ0n) is 10.9. The van der Waals surface area contributed by atoms with Crippen LogP contribution in [-0.2, 0) is 4.79 Å². The number of amides is 1. The predicted molar refractivity (Wildman–Crippen MR) is 68.9 cm³/mol. The summed E-state index contributed by atoms with van der Waals surface area (Å²) in [6.45, 7) is 9.63. The molecule has 17 heavy (non-hydrogen) atoms. The van der Waals surface area contributed by atoms with E-state index >= 15 is 0 Å². The van der Waals surface area contributed by atoms with Gasteiger partial charge < -0.3 is 10.2 Å². The number of nitrogens with one attached hydrogen (secondary N) is 1. The van der Waals surface area contributed by atoms with E-state index in [1.807, 2.05) is 4.90 Å². The molecule has 0 unspecified atom stereocenters. The van der Waals surface area contributed by atoms with Gasteiger partial charge in [-0.15, -0.1) is 0 Å². The Bertz CT molecular complexity index is 306. The highest BCUT2D eigenvalue weighted by atomic mass is 16.2. The minimum Gasteiger partial charge on any atom is -0.337 e. The van der Waals surface area contributed by atoms with Crippen molar-refractivity contribution in [2.45, 2.75) is 25.8 Å². The van der Waals surface area contributed by atoms with Crippen molar-refractivity contribution in [3.05, 3.63) is 12.2 Å². The first kappa shape index (κ1) is 12.6. The van der Waals surface area contributed by atoms with E-state index < -0.39 is 0 Å². The van der Waals surface area contributed by atoms with Crippen LogP contribution in [0, 0.1) is 0 Å². The highest BCUT2D eigenvalue weighted by molar-refractivity contribution is 5.85. The minimum atomic E-state index is -0.368. The number of carbonyl (C=O) groups is 1. The molecule has 1 N–H and O–H groups in total. The highest BCUT2D eigenvalue weighted by Gasteiger charge is 2.37. The van der Waals surface area contributed by atoms with Crippen LogP contribution < -0.4 is 5.32 Å². The van der Waals surface area contributed by atoms with Gasteiger partial charge in [-0.25, -0.2) is 0 Å². The van der Waals surface area contributed by atoms with Crippen LogP contribution in [0.25, 0.3) is 0 Å². The Hall–Kier alpha value is -0.870. The van der Waals surface area contributed by atoms with E-state index in [0.717, 1.165) is 45.7 Å². The van der Waals surface area contributed by atoms with Gasteiger partial charge in [0.05, 0.1) is 5.54 Å². The van der Waals surface area contributed by atoms with Crippen molar-refractivity contribution in [2.24, 2.45) is 0 Å². The fourth-order valence-electron chi connectivity index (χ4n) is 2.57. The van der Waals surface area contributed by atoms with Gasteiger partial charge in [0.15, 0.2) is 0 Å². The quantitative estimate of drug-likeness (QED) is 0.709. The van der Waals surface area contributed by atoms with Crippen LogP contribution in [0.4, 0.5) is 0 Å². The molecule has 0 radical (unpaired) electrons. The van der Waals surface area contributed by atoms with Gasteiger partial charge in [-0.05, 0) is 20.3 Å². The SMILES string of the molecule is CC(C)(C(=O)N1CC=CCC1)N1CCNCC1. The maximum atomic E-state index is 12.5. The van der Waals surface area contributed by atoms with Gasteiger partial charge in [0.1, 0.15) is 0 Å². The molecule has 1 fully saturated rings. The summed E-state index contributed by atoms with van der Waals surface area (Å²) in [5, 5.41) is 3.33. The molecule has 96 valence electrons. The van der Waals surface area contributed by atoms with Crippen molar-refractivity contribution in [1.29, 1.82) is 0 Å². The monoisotopic (exact) mass is 237 g/mol. The van der Waals surface area contributed by atoms with Crippen molar-refractivity contribution in [2.75, 3.05) is 39.3 Å². The van der Waals surface area contributed by atoms with Crippen molar-refractivity contribution in [1.82, 2.24) is 15.1 Å². The summed E-state index contributed by atoms with van der Waals surface area (Å²) in [6, 6.07) is 0. The second-order valence-corrected chi connectivity index (χ2v) is 5.31. The zero-order valence-corrected chi connectivity index (χ0v) is 10.9. The van der Waals surface area contributed by atoms with Gasteiger partial charge in [0.2, 0.25) is 5.91 Å². The average molecular weight is 237 g/mol. The second kappa shape index (κ2) is 5.19. The lowest BCUT2D eigenvalue weighted by Crippen LogP contribution is -2.60. The number of piperazine rings is 1. The van der Waals surface area contributed by atoms with Crippen LogP contribution in [0.1, 0.15) is 20.3 Å². The standard InChI is InChI=1S/C13H23N3O/c1-13(2,16-10-6-14-7-11-16)12(17)15-8-4-3-5-9-15/h3-4,14H,5-11H2,1-2H3. The first-order valence-corrected chi connectivity index (χ1v) is 6.52. The van der Waals surface area contributed by atoms with Crippen LogP contribution in [0.5, 0.6) is 0 Å². The van der Waals surface area contributed by atoms with E-state index in [9.17, 15) is 4.79 Å². The van der Waals surface area contributed by atoms with Crippen LogP contribution in [0.15, 0.2) is 12.2 Å². The van der Waals surface area contributed by atoms with Crippen LogP contribution >= 0.6 is 0 Å². The van der Waals surface area contributed by atoms with Crippen molar-refractivity contribution in [3.8, 4) is 0 Å². The molecule has 2 aliphatic rings. The molecule has 0 bridgehead atoms. The molecule has 0 aliphatic carbocycles. The first-order valence-electron chi connectivity index (χ1n) is 6.52. The highest BCUT2D eigenvalue weighted by Crippen LogP contribution is 2.19. The number of nitrogens with zero attached hydrogens (tertiary/aromatic N) is 2. The Labute approximate surface area is 104 Å². The molecule has 2 heterocycles. The maximum absolute atomic E-state index is 12.5. The topological polar surface area (TPSA) is 35.6 Å². The summed E-state index contributed by atoms with van der Waals surface area (Å²) in [5.74, 6) is 0.267. The first-order chi connectivity index (χ1) is 8.12. The third kappa shape index (κ3) is 2.69. The minimum absolute atomic E-state index is 0.267. The van der Waals surface area contributed by atoms with E-state index in [1.165, 1.54) is 0 Å². The number of rotatable bonds is 2. The van der Waals surface area contributed by atoms with E-state index in [1.54, 1.807) is 0 Å². The lowest BCUT2D eigenvalue weighted by atomic mass is 9.98. The van der Waals surface area contributed by atoms with Crippen molar-refractivity contribution >= 4 is 5.91 Å². The third-order valence-corrected chi connectivity index (χ3v) is 3.78. The molecule has 1 saturated heterocycles.